The fourth-order valence-electron chi connectivity index (χ4n) is 1.67. The highest BCUT2D eigenvalue weighted by Crippen LogP contribution is 2.23. The number of hydrogen-bond acceptors (Lipinski definition) is 2. The van der Waals surface area contributed by atoms with Crippen LogP contribution in [0.25, 0.3) is 0 Å². The molecule has 0 heterocycles. The lowest BCUT2D eigenvalue weighted by Crippen LogP contribution is -2.00. The molecule has 3 nitrogen and oxygen atoms in total. The molecule has 0 N–H and O–H groups in total. The van der Waals surface area contributed by atoms with Crippen molar-refractivity contribution in [2.24, 2.45) is 0 Å². The van der Waals surface area contributed by atoms with Crippen LogP contribution in [0.2, 0.25) is 0 Å². The highest BCUT2D eigenvalue weighted by molar-refractivity contribution is 6.14. The zero-order valence-electron chi connectivity index (χ0n) is 9.42. The normalized spacial score (nSPS) is 12.1. The van der Waals surface area contributed by atoms with Crippen LogP contribution in [-0.2, 0) is 0 Å². The topological polar surface area (TPSA) is 43.1 Å². The van der Waals surface area contributed by atoms with E-state index < -0.39 is 10.7 Å². The minimum absolute atomic E-state index is 0.0186. The monoisotopic (exact) mass is 241 g/mol. The molecule has 2 aromatic rings. The van der Waals surface area contributed by atoms with Gasteiger partial charge in [-0.3, -0.25) is 10.1 Å². The Labute approximate surface area is 105 Å². The summed E-state index contributed by atoms with van der Waals surface area (Å²) in [6.45, 7) is 0. The Hall–Kier alpha value is -2.17. The minimum atomic E-state index is -0.465. The molecule has 18 heavy (non-hydrogen) atoms. The van der Waals surface area contributed by atoms with Crippen molar-refractivity contribution in [3.8, 4) is 0 Å². The first-order chi connectivity index (χ1) is 8.58. The summed E-state index contributed by atoms with van der Waals surface area (Å²) < 4.78 is 12.8. The van der Waals surface area contributed by atoms with E-state index in [-0.39, 0.29) is 11.5 Å². The molecule has 2 aromatic carbocycles. The molecule has 0 bridgehead atoms. The smallest absolute Gasteiger partial charge is 0.258 e. The average Bonchev–Trinajstić information content (AvgIpc) is 2.39. The van der Waals surface area contributed by atoms with E-state index >= 15 is 0 Å². The molecule has 2 radical (unpaired) electrons. The molecule has 0 aliphatic carbocycles. The van der Waals surface area contributed by atoms with Crippen LogP contribution in [0.5, 0.6) is 0 Å². The van der Waals surface area contributed by atoms with Crippen molar-refractivity contribution in [3.05, 3.63) is 75.6 Å². The van der Waals surface area contributed by atoms with Crippen LogP contribution >= 0.6 is 0 Å². The molecule has 0 aliphatic rings. The quantitative estimate of drug-likeness (QED) is 0.471. The summed E-state index contributed by atoms with van der Waals surface area (Å²) in [6, 6.07) is 11.9. The van der Waals surface area contributed by atoms with Gasteiger partial charge in [0.25, 0.3) is 5.69 Å². The second-order valence-electron chi connectivity index (χ2n) is 3.88. The van der Waals surface area contributed by atoms with Crippen molar-refractivity contribution in [2.75, 3.05) is 0 Å². The second kappa shape index (κ2) is 5.00. The lowest BCUT2D eigenvalue weighted by atomic mass is 9.76. The molecule has 1 atom stereocenters. The standard InChI is InChI=1S/C13H9BFNO2/c14-13(9-1-5-11(15)6-2-9)10-3-7-12(8-4-10)16(17)18/h1-8,13H. The summed E-state index contributed by atoms with van der Waals surface area (Å²) in [5.74, 6) is -0.749. The van der Waals surface area contributed by atoms with Crippen LogP contribution < -0.4 is 0 Å². The van der Waals surface area contributed by atoms with Gasteiger partial charge in [-0.25, -0.2) is 4.39 Å². The van der Waals surface area contributed by atoms with Gasteiger partial charge < -0.3 is 0 Å². The van der Waals surface area contributed by atoms with Crippen LogP contribution in [0, 0.1) is 15.9 Å². The number of rotatable bonds is 3. The van der Waals surface area contributed by atoms with Crippen LogP contribution in [0.1, 0.15) is 16.9 Å². The number of nitro benzene ring substituents is 1. The number of benzene rings is 2. The average molecular weight is 241 g/mol. The Morgan fingerprint density at radius 1 is 1.00 bits per heavy atom. The zero-order valence-corrected chi connectivity index (χ0v) is 9.42. The van der Waals surface area contributed by atoms with Gasteiger partial charge in [-0.1, -0.05) is 24.3 Å². The number of hydrogen-bond donors (Lipinski definition) is 0. The lowest BCUT2D eigenvalue weighted by Gasteiger charge is -2.12. The first-order valence-electron chi connectivity index (χ1n) is 5.33. The zero-order chi connectivity index (χ0) is 13.1. The van der Waals surface area contributed by atoms with Gasteiger partial charge >= 0.3 is 0 Å². The fourth-order valence-corrected chi connectivity index (χ4v) is 1.67. The predicted octanol–water partition coefficient (Wildman–Crippen LogP) is 2.99. The molecule has 88 valence electrons. The SMILES string of the molecule is [B]C(c1ccc(F)cc1)c1ccc([N+](=O)[O-])cc1. The fraction of sp³-hybridized carbons (Fsp3) is 0.0769. The molecule has 0 amide bonds. The minimum Gasteiger partial charge on any atom is -0.258 e. The highest BCUT2D eigenvalue weighted by atomic mass is 19.1. The van der Waals surface area contributed by atoms with Crippen molar-refractivity contribution in [1.29, 1.82) is 0 Å². The highest BCUT2D eigenvalue weighted by Gasteiger charge is 2.10. The van der Waals surface area contributed by atoms with Gasteiger partial charge in [-0.2, -0.15) is 0 Å². The number of nitro groups is 1. The third-order valence-corrected chi connectivity index (χ3v) is 2.69. The van der Waals surface area contributed by atoms with Crippen molar-refractivity contribution >= 4 is 13.5 Å². The molecule has 0 saturated carbocycles. The molecule has 5 heteroatoms. The molecule has 0 aliphatic heterocycles. The van der Waals surface area contributed by atoms with E-state index in [1.54, 1.807) is 24.3 Å². The summed E-state index contributed by atoms with van der Waals surface area (Å²) in [6.07, 6.45) is 0. The summed E-state index contributed by atoms with van der Waals surface area (Å²) in [4.78, 5) is 10.1. The third kappa shape index (κ3) is 2.56. The molecule has 0 aromatic heterocycles. The predicted molar refractivity (Wildman–Crippen MR) is 67.1 cm³/mol. The van der Waals surface area contributed by atoms with Crippen molar-refractivity contribution < 1.29 is 9.31 Å². The lowest BCUT2D eigenvalue weighted by molar-refractivity contribution is -0.384. The molecule has 0 saturated heterocycles. The Morgan fingerprint density at radius 2 is 1.44 bits per heavy atom. The summed E-state index contributed by atoms with van der Waals surface area (Å²) >= 11 is 0. The van der Waals surface area contributed by atoms with E-state index in [0.29, 0.717) is 0 Å². The Bertz CT molecular complexity index is 554. The van der Waals surface area contributed by atoms with Crippen molar-refractivity contribution in [3.63, 3.8) is 0 Å². The van der Waals surface area contributed by atoms with E-state index in [1.807, 2.05) is 0 Å². The van der Waals surface area contributed by atoms with Crippen LogP contribution in [0.4, 0.5) is 10.1 Å². The number of halogens is 1. The van der Waals surface area contributed by atoms with E-state index in [4.69, 9.17) is 7.85 Å². The maximum absolute atomic E-state index is 12.8. The van der Waals surface area contributed by atoms with E-state index in [9.17, 15) is 14.5 Å². The second-order valence-corrected chi connectivity index (χ2v) is 3.88. The largest absolute Gasteiger partial charge is 0.269 e. The summed E-state index contributed by atoms with van der Waals surface area (Å²) in [7, 11) is 6.00. The Kier molecular flexibility index (Phi) is 3.41. The molecular weight excluding hydrogens is 232 g/mol. The maximum Gasteiger partial charge on any atom is 0.269 e. The first-order valence-corrected chi connectivity index (χ1v) is 5.33. The van der Waals surface area contributed by atoms with Gasteiger partial charge in [0.15, 0.2) is 0 Å². The van der Waals surface area contributed by atoms with Gasteiger partial charge in [-0.15, -0.1) is 0 Å². The summed E-state index contributed by atoms with van der Waals surface area (Å²) in [5, 5.41) is 10.5. The maximum atomic E-state index is 12.8. The van der Waals surface area contributed by atoms with Crippen LogP contribution in [0.15, 0.2) is 48.5 Å². The van der Waals surface area contributed by atoms with Gasteiger partial charge in [0.1, 0.15) is 5.82 Å². The van der Waals surface area contributed by atoms with Gasteiger partial charge in [-0.05, 0) is 29.1 Å². The van der Waals surface area contributed by atoms with Gasteiger partial charge in [0.05, 0.1) is 12.8 Å². The van der Waals surface area contributed by atoms with Crippen LogP contribution in [0.3, 0.4) is 0 Å². The summed E-state index contributed by atoms with van der Waals surface area (Å²) in [5.41, 5.74) is 1.52. The van der Waals surface area contributed by atoms with Crippen molar-refractivity contribution in [2.45, 2.75) is 5.82 Å². The molecule has 0 fully saturated rings. The first kappa shape index (κ1) is 12.3. The Balaban J connectivity index is 2.25. The Morgan fingerprint density at radius 3 is 1.89 bits per heavy atom. The van der Waals surface area contributed by atoms with E-state index in [2.05, 4.69) is 0 Å². The van der Waals surface area contributed by atoms with E-state index in [0.717, 1.165) is 11.1 Å². The molecule has 1 unspecified atom stereocenters. The number of nitrogens with zero attached hydrogens (tertiary/aromatic N) is 1. The number of non-ortho nitro benzene ring substituents is 1. The van der Waals surface area contributed by atoms with Gasteiger partial charge in [0.2, 0.25) is 0 Å². The molecular formula is C13H9BFNO2. The molecule has 2 rings (SSSR count). The molecule has 0 spiro atoms. The van der Waals surface area contributed by atoms with Crippen LogP contribution in [-0.4, -0.2) is 12.8 Å². The van der Waals surface area contributed by atoms with E-state index in [1.165, 1.54) is 24.3 Å². The third-order valence-electron chi connectivity index (χ3n) is 2.69. The van der Waals surface area contributed by atoms with Gasteiger partial charge in [0, 0.05) is 12.1 Å². The van der Waals surface area contributed by atoms with Crippen molar-refractivity contribution in [1.82, 2.24) is 0 Å².